The first kappa shape index (κ1) is 20.9. The van der Waals surface area contributed by atoms with Crippen molar-refractivity contribution in [3.8, 4) is 11.1 Å². The maximum Gasteiger partial charge on any atom is -0.0139 e. The molecule has 0 aliphatic carbocycles. The summed E-state index contributed by atoms with van der Waals surface area (Å²) in [5.41, 5.74) is 10.7. The van der Waals surface area contributed by atoms with E-state index in [-0.39, 0.29) is 0 Å². The van der Waals surface area contributed by atoms with Crippen LogP contribution in [0.25, 0.3) is 54.2 Å². The van der Waals surface area contributed by atoms with E-state index >= 15 is 0 Å². The van der Waals surface area contributed by atoms with E-state index in [1.54, 1.807) is 0 Å². The summed E-state index contributed by atoms with van der Waals surface area (Å²) in [6.45, 7) is 13.4. The van der Waals surface area contributed by atoms with Gasteiger partial charge in [-0.3, -0.25) is 0 Å². The number of benzene rings is 6. The van der Waals surface area contributed by atoms with Crippen molar-refractivity contribution in [1.29, 1.82) is 0 Å². The number of hydrogen-bond donors (Lipinski definition) is 0. The molecule has 34 heavy (non-hydrogen) atoms. The van der Waals surface area contributed by atoms with Gasteiger partial charge in [0.05, 0.1) is 0 Å². The van der Waals surface area contributed by atoms with Gasteiger partial charge in [-0.25, -0.2) is 0 Å². The molecule has 0 N–H and O–H groups in total. The Kier molecular flexibility index (Phi) is 4.58. The lowest BCUT2D eigenvalue weighted by Gasteiger charge is -2.16. The van der Waals surface area contributed by atoms with Crippen LogP contribution in [0.15, 0.2) is 72.8 Å². The van der Waals surface area contributed by atoms with Gasteiger partial charge < -0.3 is 0 Å². The van der Waals surface area contributed by atoms with E-state index in [9.17, 15) is 0 Å². The quantitative estimate of drug-likeness (QED) is 0.224. The van der Waals surface area contributed by atoms with E-state index in [1.807, 2.05) is 0 Å². The molecule has 0 atom stereocenters. The Morgan fingerprint density at radius 2 is 0.588 bits per heavy atom. The number of rotatable bonds is 1. The van der Waals surface area contributed by atoms with E-state index in [0.717, 1.165) is 0 Å². The predicted octanol–water partition coefficient (Wildman–Crippen LogP) is 9.82. The molecule has 0 aromatic heterocycles. The fourth-order valence-corrected chi connectivity index (χ4v) is 5.89. The van der Waals surface area contributed by atoms with Crippen LogP contribution in [0.2, 0.25) is 0 Å². The molecule has 0 amide bonds. The smallest absolute Gasteiger partial charge is 0.0139 e. The van der Waals surface area contributed by atoms with Gasteiger partial charge in [-0.2, -0.15) is 0 Å². The van der Waals surface area contributed by atoms with Gasteiger partial charge in [0, 0.05) is 0 Å². The molecular weight excluding hydrogens is 408 g/mol. The van der Waals surface area contributed by atoms with Crippen molar-refractivity contribution in [3.63, 3.8) is 0 Å². The number of fused-ring (bicyclic) bond motifs is 4. The summed E-state index contributed by atoms with van der Waals surface area (Å²) in [6.07, 6.45) is 0. The molecule has 0 aliphatic rings. The second-order valence-corrected chi connectivity index (χ2v) is 10.1. The third-order valence-corrected chi connectivity index (χ3v) is 7.95. The SMILES string of the molecule is Cc1ccc2c(C)c3cc(-c4ccc5c(C)c6cc(C)ccc6c(C)c5c4)ccc3c(C)c2c1. The third kappa shape index (κ3) is 2.98. The summed E-state index contributed by atoms with van der Waals surface area (Å²) in [7, 11) is 0. The average molecular weight is 439 g/mol. The number of hydrogen-bond acceptors (Lipinski definition) is 0. The molecule has 0 radical (unpaired) electrons. The van der Waals surface area contributed by atoms with Crippen LogP contribution >= 0.6 is 0 Å². The van der Waals surface area contributed by atoms with Crippen molar-refractivity contribution in [3.05, 3.63) is 106 Å². The van der Waals surface area contributed by atoms with E-state index in [2.05, 4.69) is 114 Å². The van der Waals surface area contributed by atoms with Gasteiger partial charge in [0.15, 0.2) is 0 Å². The molecule has 0 unspecified atom stereocenters. The summed E-state index contributed by atoms with van der Waals surface area (Å²) >= 11 is 0. The van der Waals surface area contributed by atoms with Crippen molar-refractivity contribution in [2.45, 2.75) is 41.5 Å². The molecule has 6 rings (SSSR count). The normalized spacial score (nSPS) is 11.8. The third-order valence-electron chi connectivity index (χ3n) is 7.95. The molecule has 166 valence electrons. The first-order valence-electron chi connectivity index (χ1n) is 12.2. The van der Waals surface area contributed by atoms with Crippen LogP contribution in [-0.2, 0) is 0 Å². The Labute approximate surface area is 201 Å². The minimum atomic E-state index is 1.28. The van der Waals surface area contributed by atoms with Gasteiger partial charge in [-0.05, 0) is 130 Å². The topological polar surface area (TPSA) is 0 Å². The molecule has 0 spiro atoms. The van der Waals surface area contributed by atoms with Crippen molar-refractivity contribution < 1.29 is 0 Å². The summed E-state index contributed by atoms with van der Waals surface area (Å²) in [5, 5.41) is 10.9. The minimum absolute atomic E-state index is 1.28. The number of aryl methyl sites for hydroxylation is 6. The van der Waals surface area contributed by atoms with Crippen molar-refractivity contribution in [2.24, 2.45) is 0 Å². The highest BCUT2D eigenvalue weighted by molar-refractivity contribution is 6.08. The maximum absolute atomic E-state index is 2.39. The fraction of sp³-hybridized carbons (Fsp3) is 0.176. The molecule has 6 aromatic rings. The Balaban J connectivity index is 1.60. The van der Waals surface area contributed by atoms with Gasteiger partial charge in [0.1, 0.15) is 0 Å². The molecule has 0 bridgehead atoms. The molecule has 0 nitrogen and oxygen atoms in total. The van der Waals surface area contributed by atoms with Gasteiger partial charge in [-0.1, -0.05) is 71.8 Å². The van der Waals surface area contributed by atoms with E-state index in [0.29, 0.717) is 0 Å². The van der Waals surface area contributed by atoms with Gasteiger partial charge >= 0.3 is 0 Å². The van der Waals surface area contributed by atoms with Crippen LogP contribution in [-0.4, -0.2) is 0 Å². The van der Waals surface area contributed by atoms with Crippen LogP contribution < -0.4 is 0 Å². The zero-order valence-electron chi connectivity index (χ0n) is 20.9. The maximum atomic E-state index is 2.39. The second-order valence-electron chi connectivity index (χ2n) is 10.1. The zero-order chi connectivity index (χ0) is 23.7. The Morgan fingerprint density at radius 1 is 0.294 bits per heavy atom. The molecule has 0 heteroatoms. The molecule has 0 heterocycles. The van der Waals surface area contributed by atoms with Crippen LogP contribution in [0.1, 0.15) is 33.4 Å². The Morgan fingerprint density at radius 3 is 0.941 bits per heavy atom. The van der Waals surface area contributed by atoms with Gasteiger partial charge in [-0.15, -0.1) is 0 Å². The minimum Gasteiger partial charge on any atom is -0.0587 e. The highest BCUT2D eigenvalue weighted by Crippen LogP contribution is 2.38. The summed E-state index contributed by atoms with van der Waals surface area (Å²) in [6, 6.07) is 27.7. The largest absolute Gasteiger partial charge is 0.0587 e. The fourth-order valence-electron chi connectivity index (χ4n) is 5.89. The first-order chi connectivity index (χ1) is 16.3. The van der Waals surface area contributed by atoms with Gasteiger partial charge in [0.25, 0.3) is 0 Å². The van der Waals surface area contributed by atoms with Gasteiger partial charge in [0.2, 0.25) is 0 Å². The lowest BCUT2D eigenvalue weighted by atomic mass is 9.88. The van der Waals surface area contributed by atoms with E-state index < -0.39 is 0 Å². The zero-order valence-corrected chi connectivity index (χ0v) is 20.9. The second kappa shape index (κ2) is 7.43. The molecule has 0 saturated carbocycles. The van der Waals surface area contributed by atoms with Crippen LogP contribution in [0.5, 0.6) is 0 Å². The summed E-state index contributed by atoms with van der Waals surface area (Å²) < 4.78 is 0. The van der Waals surface area contributed by atoms with E-state index in [4.69, 9.17) is 0 Å². The molecular formula is C34H30. The highest BCUT2D eigenvalue weighted by Gasteiger charge is 2.13. The summed E-state index contributed by atoms with van der Waals surface area (Å²) in [4.78, 5) is 0. The molecule has 0 saturated heterocycles. The lowest BCUT2D eigenvalue weighted by Crippen LogP contribution is -1.91. The molecule has 0 fully saturated rings. The average Bonchev–Trinajstić information content (AvgIpc) is 2.85. The van der Waals surface area contributed by atoms with Crippen LogP contribution in [0.4, 0.5) is 0 Å². The first-order valence-corrected chi connectivity index (χ1v) is 12.2. The monoisotopic (exact) mass is 438 g/mol. The van der Waals surface area contributed by atoms with Crippen molar-refractivity contribution >= 4 is 43.1 Å². The Bertz CT molecular complexity index is 1660. The standard InChI is InChI=1S/C34H30/c1-19-7-11-27-23(5)33-17-25(9-13-29(33)21(3)31(27)15-19)26-10-14-30-22(4)32-16-20(2)8-12-28(32)24(6)34(30)18-26/h7-18H,1-6H3. The van der Waals surface area contributed by atoms with E-state index in [1.165, 1.54) is 87.6 Å². The Hall–Kier alpha value is -3.64. The van der Waals surface area contributed by atoms with Crippen LogP contribution in [0.3, 0.4) is 0 Å². The van der Waals surface area contributed by atoms with Crippen molar-refractivity contribution in [2.75, 3.05) is 0 Å². The molecule has 6 aromatic carbocycles. The lowest BCUT2D eigenvalue weighted by molar-refractivity contribution is 1.46. The highest BCUT2D eigenvalue weighted by atomic mass is 14.2. The van der Waals surface area contributed by atoms with Crippen LogP contribution in [0, 0.1) is 41.5 Å². The van der Waals surface area contributed by atoms with Crippen molar-refractivity contribution in [1.82, 2.24) is 0 Å². The summed E-state index contributed by atoms with van der Waals surface area (Å²) in [5.74, 6) is 0. The molecule has 0 aliphatic heterocycles. The predicted molar refractivity (Wildman–Crippen MR) is 150 cm³/mol.